The maximum absolute atomic E-state index is 9.69. The van der Waals surface area contributed by atoms with Crippen LogP contribution in [0.2, 0.25) is 0 Å². The van der Waals surface area contributed by atoms with Crippen LogP contribution in [-0.2, 0) is 0 Å². The second kappa shape index (κ2) is 11.8. The molecule has 11 aromatic rings. The largest absolute Gasteiger partial charge is 0.456 e. The van der Waals surface area contributed by atoms with Crippen molar-refractivity contribution in [2.75, 3.05) is 0 Å². The summed E-state index contributed by atoms with van der Waals surface area (Å²) >= 11 is 0. The van der Waals surface area contributed by atoms with Gasteiger partial charge in [0.15, 0.2) is 0 Å². The summed E-state index contributed by atoms with van der Waals surface area (Å²) in [6, 6.07) is 51.0. The van der Waals surface area contributed by atoms with Crippen molar-refractivity contribution in [1.29, 1.82) is 0 Å². The van der Waals surface area contributed by atoms with Crippen molar-refractivity contribution in [3.8, 4) is 44.5 Å². The van der Waals surface area contributed by atoms with Crippen LogP contribution < -0.4 is 0 Å². The molecule has 0 fully saturated rings. The van der Waals surface area contributed by atoms with Crippen LogP contribution in [0.15, 0.2) is 198 Å². The summed E-state index contributed by atoms with van der Waals surface area (Å²) < 4.78 is 63.2. The minimum Gasteiger partial charge on any atom is -0.456 e. The van der Waals surface area contributed by atoms with Gasteiger partial charge in [-0.2, -0.15) is 0 Å². The van der Waals surface area contributed by atoms with Crippen LogP contribution in [0, 0.1) is 0 Å². The number of hydrogen-bond donors (Lipinski definition) is 0. The van der Waals surface area contributed by atoms with Gasteiger partial charge in [-0.15, -0.1) is 0 Å². The van der Waals surface area contributed by atoms with E-state index in [4.69, 9.17) is 4.42 Å². The van der Waals surface area contributed by atoms with E-state index in [-0.39, 0.29) is 58.2 Å². The summed E-state index contributed by atoms with van der Waals surface area (Å²) in [6.07, 6.45) is 0. The Morgan fingerprint density at radius 2 is 0.849 bits per heavy atom. The molecule has 0 N–H and O–H groups in total. The van der Waals surface area contributed by atoms with Crippen LogP contribution in [0.5, 0.6) is 0 Å². The van der Waals surface area contributed by atoms with Crippen LogP contribution in [0.1, 0.15) is 8.22 Å². The Morgan fingerprint density at radius 3 is 1.58 bits per heavy atom. The van der Waals surface area contributed by atoms with Gasteiger partial charge in [0.1, 0.15) is 11.2 Å². The lowest BCUT2D eigenvalue weighted by molar-refractivity contribution is 0.669. The highest BCUT2D eigenvalue weighted by atomic mass is 16.3. The van der Waals surface area contributed by atoms with Gasteiger partial charge in [-0.3, -0.25) is 0 Å². The minimum absolute atomic E-state index is 0.0199. The predicted octanol–water partition coefficient (Wildman–Crippen LogP) is 14.9. The van der Waals surface area contributed by atoms with Crippen LogP contribution in [-0.4, -0.2) is 0 Å². The van der Waals surface area contributed by atoms with Gasteiger partial charge in [-0.25, -0.2) is 0 Å². The molecule has 0 atom stereocenters. The monoisotopic (exact) mass is 678 g/mol. The quantitative estimate of drug-likeness (QED) is 0.169. The van der Waals surface area contributed by atoms with E-state index < -0.39 is 0 Å². The molecule has 0 aliphatic carbocycles. The van der Waals surface area contributed by atoms with E-state index in [1.165, 1.54) is 5.39 Å². The van der Waals surface area contributed by atoms with Crippen LogP contribution in [0.3, 0.4) is 0 Å². The average molecular weight is 679 g/mol. The third-order valence-corrected chi connectivity index (χ3v) is 10.5. The Hall–Kier alpha value is -6.96. The molecule has 0 saturated heterocycles. The van der Waals surface area contributed by atoms with Crippen molar-refractivity contribution in [2.24, 2.45) is 0 Å². The van der Waals surface area contributed by atoms with Gasteiger partial charge < -0.3 is 4.42 Å². The predicted molar refractivity (Wildman–Crippen MR) is 225 cm³/mol. The van der Waals surface area contributed by atoms with Gasteiger partial charge in [-0.1, -0.05) is 152 Å². The van der Waals surface area contributed by atoms with E-state index >= 15 is 0 Å². The summed E-state index contributed by atoms with van der Waals surface area (Å²) in [6.45, 7) is 0. The van der Waals surface area contributed by atoms with Crippen molar-refractivity contribution >= 4 is 65.0 Å². The molecule has 11 rings (SSSR count). The minimum atomic E-state index is -0.252. The number of hydrogen-bond acceptors (Lipinski definition) is 1. The number of fused-ring (bicyclic) bond motifs is 7. The molecule has 53 heavy (non-hydrogen) atoms. The Bertz CT molecular complexity index is 3510. The van der Waals surface area contributed by atoms with E-state index in [0.717, 1.165) is 60.0 Å². The fourth-order valence-electron chi connectivity index (χ4n) is 7.94. The van der Waals surface area contributed by atoms with Crippen LogP contribution in [0.25, 0.3) is 110 Å². The van der Waals surface area contributed by atoms with E-state index in [1.807, 2.05) is 103 Å². The maximum atomic E-state index is 9.69. The van der Waals surface area contributed by atoms with Crippen LogP contribution in [0.4, 0.5) is 0 Å². The fraction of sp³-hybridized carbons (Fsp3) is 0. The zero-order chi connectivity index (χ0) is 40.1. The number of furan rings is 1. The molecule has 0 unspecified atom stereocenters. The Labute approximate surface area is 315 Å². The number of rotatable bonds is 4. The fourth-order valence-corrected chi connectivity index (χ4v) is 7.94. The topological polar surface area (TPSA) is 13.1 Å². The molecule has 1 heterocycles. The van der Waals surface area contributed by atoms with Gasteiger partial charge in [0.25, 0.3) is 0 Å². The number of benzene rings is 10. The second-order valence-electron chi connectivity index (χ2n) is 13.5. The molecule has 1 nitrogen and oxygen atoms in total. The van der Waals surface area contributed by atoms with Crippen molar-refractivity contribution in [1.82, 2.24) is 0 Å². The molecule has 0 amide bonds. The lowest BCUT2D eigenvalue weighted by atomic mass is 9.85. The van der Waals surface area contributed by atoms with E-state index in [2.05, 4.69) is 48.5 Å². The highest BCUT2D eigenvalue weighted by Crippen LogP contribution is 2.44. The molecule has 0 aliphatic rings. The van der Waals surface area contributed by atoms with Gasteiger partial charge >= 0.3 is 0 Å². The summed E-state index contributed by atoms with van der Waals surface area (Å²) in [5.74, 6) is 0. The summed E-state index contributed by atoms with van der Waals surface area (Å²) in [5.41, 5.74) is 7.06. The lowest BCUT2D eigenvalue weighted by Crippen LogP contribution is -1.90. The molecule has 0 saturated carbocycles. The van der Waals surface area contributed by atoms with Gasteiger partial charge in [0.05, 0.1) is 8.22 Å². The molecule has 0 radical (unpaired) electrons. The molecule has 1 aromatic heterocycles. The van der Waals surface area contributed by atoms with Crippen LogP contribution >= 0.6 is 0 Å². The second-order valence-corrected chi connectivity index (χ2v) is 13.5. The first-order valence-electron chi connectivity index (χ1n) is 20.8. The highest BCUT2D eigenvalue weighted by Gasteiger charge is 2.17. The van der Waals surface area contributed by atoms with Crippen molar-refractivity contribution in [2.45, 2.75) is 0 Å². The molecule has 0 spiro atoms. The van der Waals surface area contributed by atoms with E-state index in [1.54, 1.807) is 6.07 Å². The molecule has 1 heteroatoms. The SMILES string of the molecule is [2H]c1c(-c2c3ccccc3c(-c3ccccc3)c3ccccc23)c([2H])c2c([2H])c([2H])c(-c3ccc4oc5cc(-c6ccc7ccccc7c6)ccc5c4c3)c([2H])c2c1[2H]. The Morgan fingerprint density at radius 1 is 0.302 bits per heavy atom. The molecular formula is C52H32O. The third-order valence-electron chi connectivity index (χ3n) is 10.5. The van der Waals surface area contributed by atoms with Crippen molar-refractivity contribution < 1.29 is 12.6 Å². The summed E-state index contributed by atoms with van der Waals surface area (Å²) in [4.78, 5) is 0. The Balaban J connectivity index is 1.10. The molecule has 10 aromatic carbocycles. The zero-order valence-corrected chi connectivity index (χ0v) is 28.4. The van der Waals surface area contributed by atoms with E-state index in [0.29, 0.717) is 22.3 Å². The summed E-state index contributed by atoms with van der Waals surface area (Å²) in [7, 11) is 0. The van der Waals surface area contributed by atoms with Crippen molar-refractivity contribution in [3.05, 3.63) is 194 Å². The first kappa shape index (κ1) is 24.3. The van der Waals surface area contributed by atoms with Gasteiger partial charge in [0, 0.05) is 10.8 Å². The normalized spacial score (nSPS) is 13.4. The third kappa shape index (κ3) is 4.86. The first-order chi connectivity index (χ1) is 28.8. The lowest BCUT2D eigenvalue weighted by Gasteiger charge is -2.18. The maximum Gasteiger partial charge on any atom is 0.136 e. The first-order valence-corrected chi connectivity index (χ1v) is 17.8. The van der Waals surface area contributed by atoms with Crippen molar-refractivity contribution in [3.63, 3.8) is 0 Å². The molecular weight excluding hydrogens is 641 g/mol. The zero-order valence-electron chi connectivity index (χ0n) is 34.4. The van der Waals surface area contributed by atoms with E-state index in [9.17, 15) is 8.22 Å². The summed E-state index contributed by atoms with van der Waals surface area (Å²) in [5, 5.41) is 7.56. The van der Waals surface area contributed by atoms with Gasteiger partial charge in [0.2, 0.25) is 0 Å². The standard InChI is InChI=1S/C52H32O/c1-2-11-34(12-3-1)51-44-14-6-8-16-46(44)52(47-17-9-7-15-45(47)51)42-23-22-36-29-37(20-21-39(36)30-42)40-25-27-49-48(31-40)43-26-24-41(32-50(43)53-49)38-19-18-33-10-4-5-13-35(33)28-38/h1-32H/i20D,21D,22D,23D,29D,30D. The molecule has 0 bridgehead atoms. The highest BCUT2D eigenvalue weighted by molar-refractivity contribution is 6.21. The Kier molecular flexibility index (Phi) is 5.40. The average Bonchev–Trinajstić information content (AvgIpc) is 3.64. The smallest absolute Gasteiger partial charge is 0.136 e. The molecule has 0 aliphatic heterocycles. The van der Waals surface area contributed by atoms with Gasteiger partial charge in [-0.05, 0) is 130 Å². The molecule has 246 valence electrons.